The zero-order chi connectivity index (χ0) is 15.9. The Hall–Kier alpha value is -1.51. The lowest BCUT2D eigenvalue weighted by Gasteiger charge is -2.23. The van der Waals surface area contributed by atoms with Gasteiger partial charge in [-0.15, -0.1) is 0 Å². The Balaban J connectivity index is 3.71. The summed E-state index contributed by atoms with van der Waals surface area (Å²) < 4.78 is 75.4. The van der Waals surface area contributed by atoms with Crippen molar-refractivity contribution in [2.75, 3.05) is 6.26 Å². The van der Waals surface area contributed by atoms with Crippen LogP contribution in [-0.2, 0) is 16.7 Å². The molecule has 0 spiro atoms. The standard InChI is InChI=1S/C11H9F5O3S/c1-5-6(9(17)18)3-4-7(8(5)20(2)19)10(12,13)11(14,15)16/h3-4H,1-2H3,(H,17,18)/t20-/m1/s1. The van der Waals surface area contributed by atoms with Crippen LogP contribution in [0.25, 0.3) is 0 Å². The van der Waals surface area contributed by atoms with Gasteiger partial charge >= 0.3 is 18.1 Å². The van der Waals surface area contributed by atoms with Crippen LogP contribution in [-0.4, -0.2) is 27.7 Å². The van der Waals surface area contributed by atoms with Crippen molar-refractivity contribution in [1.82, 2.24) is 0 Å². The topological polar surface area (TPSA) is 54.4 Å². The third-order valence-corrected chi connectivity index (χ3v) is 3.72. The van der Waals surface area contributed by atoms with E-state index in [1.807, 2.05) is 0 Å². The number of benzene rings is 1. The number of hydrogen-bond acceptors (Lipinski definition) is 2. The second-order valence-electron chi connectivity index (χ2n) is 3.95. The van der Waals surface area contributed by atoms with Crippen molar-refractivity contribution in [1.29, 1.82) is 0 Å². The first-order valence-electron chi connectivity index (χ1n) is 5.06. The molecule has 0 aliphatic heterocycles. The van der Waals surface area contributed by atoms with Crippen LogP contribution in [0.1, 0.15) is 21.5 Å². The second kappa shape index (κ2) is 5.12. The van der Waals surface area contributed by atoms with Crippen molar-refractivity contribution >= 4 is 16.8 Å². The van der Waals surface area contributed by atoms with E-state index in [1.165, 1.54) is 0 Å². The third-order valence-electron chi connectivity index (χ3n) is 2.62. The molecule has 0 saturated heterocycles. The highest BCUT2D eigenvalue weighted by molar-refractivity contribution is 7.84. The zero-order valence-corrected chi connectivity index (χ0v) is 11.0. The van der Waals surface area contributed by atoms with E-state index in [1.54, 1.807) is 0 Å². The summed E-state index contributed by atoms with van der Waals surface area (Å²) in [5.74, 6) is -6.72. The average molecular weight is 316 g/mol. The number of carboxylic acids is 1. The summed E-state index contributed by atoms with van der Waals surface area (Å²) in [7, 11) is -2.20. The Kier molecular flexibility index (Phi) is 4.23. The van der Waals surface area contributed by atoms with Crippen LogP contribution in [0.15, 0.2) is 17.0 Å². The van der Waals surface area contributed by atoms with E-state index in [0.717, 1.165) is 13.2 Å². The molecule has 0 unspecified atom stereocenters. The SMILES string of the molecule is Cc1c(C(=O)O)ccc(C(F)(F)C(F)(F)F)c1[S@@](C)=O. The lowest BCUT2D eigenvalue weighted by molar-refractivity contribution is -0.290. The van der Waals surface area contributed by atoms with Gasteiger partial charge < -0.3 is 5.11 Å². The monoisotopic (exact) mass is 316 g/mol. The van der Waals surface area contributed by atoms with Gasteiger partial charge in [0.25, 0.3) is 0 Å². The zero-order valence-electron chi connectivity index (χ0n) is 10.2. The molecule has 0 bridgehead atoms. The number of alkyl halides is 5. The number of carboxylic acid groups (broad SMARTS) is 1. The van der Waals surface area contributed by atoms with Crippen LogP contribution in [0.3, 0.4) is 0 Å². The molecule has 112 valence electrons. The van der Waals surface area contributed by atoms with E-state index in [-0.39, 0.29) is 5.56 Å². The molecule has 1 aromatic carbocycles. The molecule has 0 saturated carbocycles. The van der Waals surface area contributed by atoms with Gasteiger partial charge in [-0.3, -0.25) is 4.21 Å². The lowest BCUT2D eigenvalue weighted by atomic mass is 10.0. The molecule has 0 aliphatic carbocycles. The second-order valence-corrected chi connectivity index (χ2v) is 5.26. The highest BCUT2D eigenvalue weighted by Crippen LogP contribution is 2.46. The molecular weight excluding hydrogens is 307 g/mol. The molecule has 1 rings (SSSR count). The fraction of sp³-hybridized carbons (Fsp3) is 0.364. The Labute approximate surface area is 112 Å². The largest absolute Gasteiger partial charge is 0.478 e. The first-order chi connectivity index (χ1) is 8.91. The molecule has 1 aromatic rings. The summed E-state index contributed by atoms with van der Waals surface area (Å²) in [6.45, 7) is 1.04. The van der Waals surface area contributed by atoms with E-state index >= 15 is 0 Å². The smallest absolute Gasteiger partial charge is 0.458 e. The summed E-state index contributed by atoms with van der Waals surface area (Å²) in [4.78, 5) is 10.0. The fourth-order valence-electron chi connectivity index (χ4n) is 1.69. The van der Waals surface area contributed by atoms with Crippen molar-refractivity contribution < 1.29 is 36.1 Å². The highest BCUT2D eigenvalue weighted by atomic mass is 32.2. The predicted molar refractivity (Wildman–Crippen MR) is 60.4 cm³/mol. The molecule has 20 heavy (non-hydrogen) atoms. The predicted octanol–water partition coefficient (Wildman–Crippen LogP) is 3.08. The van der Waals surface area contributed by atoms with Crippen molar-refractivity contribution in [3.63, 3.8) is 0 Å². The molecule has 3 nitrogen and oxygen atoms in total. The minimum atomic E-state index is -5.86. The highest BCUT2D eigenvalue weighted by Gasteiger charge is 2.60. The molecule has 0 radical (unpaired) electrons. The van der Waals surface area contributed by atoms with E-state index in [2.05, 4.69) is 0 Å². The summed E-state index contributed by atoms with van der Waals surface area (Å²) in [6, 6.07) is 0.990. The van der Waals surface area contributed by atoms with Crippen LogP contribution in [0.2, 0.25) is 0 Å². The van der Waals surface area contributed by atoms with Gasteiger partial charge in [-0.2, -0.15) is 22.0 Å². The number of carbonyl (C=O) groups is 1. The first kappa shape index (κ1) is 16.5. The van der Waals surface area contributed by atoms with E-state index < -0.39 is 44.9 Å². The quantitative estimate of drug-likeness (QED) is 0.872. The molecule has 0 fully saturated rings. The van der Waals surface area contributed by atoms with Crippen LogP contribution in [0.4, 0.5) is 22.0 Å². The van der Waals surface area contributed by atoms with E-state index in [0.29, 0.717) is 12.1 Å². The molecule has 1 N–H and O–H groups in total. The maximum absolute atomic E-state index is 13.4. The maximum atomic E-state index is 13.4. The van der Waals surface area contributed by atoms with Gasteiger partial charge in [0, 0.05) is 11.8 Å². The van der Waals surface area contributed by atoms with Gasteiger partial charge in [-0.1, -0.05) is 6.07 Å². The molecule has 0 heterocycles. The minimum absolute atomic E-state index is 0.348. The van der Waals surface area contributed by atoms with Gasteiger partial charge in [0.1, 0.15) is 0 Å². The van der Waals surface area contributed by atoms with Gasteiger partial charge in [0.15, 0.2) is 0 Å². The summed E-state index contributed by atoms with van der Waals surface area (Å²) in [6.07, 6.45) is -4.96. The molecule has 0 aliphatic rings. The minimum Gasteiger partial charge on any atom is -0.478 e. The Morgan fingerprint density at radius 2 is 1.70 bits per heavy atom. The van der Waals surface area contributed by atoms with Gasteiger partial charge in [-0.05, 0) is 18.6 Å². The van der Waals surface area contributed by atoms with Crippen LogP contribution in [0, 0.1) is 6.92 Å². The summed E-state index contributed by atoms with van der Waals surface area (Å²) >= 11 is 0. The van der Waals surface area contributed by atoms with E-state index in [4.69, 9.17) is 5.11 Å². The molecule has 0 amide bonds. The van der Waals surface area contributed by atoms with Gasteiger partial charge in [0.2, 0.25) is 0 Å². The van der Waals surface area contributed by atoms with Crippen LogP contribution < -0.4 is 0 Å². The van der Waals surface area contributed by atoms with Crippen molar-refractivity contribution in [3.05, 3.63) is 28.8 Å². The van der Waals surface area contributed by atoms with Crippen LogP contribution >= 0.6 is 0 Å². The van der Waals surface area contributed by atoms with Crippen LogP contribution in [0.5, 0.6) is 0 Å². The Morgan fingerprint density at radius 1 is 1.20 bits per heavy atom. The Morgan fingerprint density at radius 3 is 2.05 bits per heavy atom. The summed E-state index contributed by atoms with van der Waals surface area (Å²) in [5, 5.41) is 8.82. The third kappa shape index (κ3) is 2.67. The fourth-order valence-corrected chi connectivity index (χ4v) is 2.74. The lowest BCUT2D eigenvalue weighted by Crippen LogP contribution is -2.35. The molecule has 1 atom stereocenters. The first-order valence-corrected chi connectivity index (χ1v) is 6.62. The van der Waals surface area contributed by atoms with Crippen molar-refractivity contribution in [3.8, 4) is 0 Å². The van der Waals surface area contributed by atoms with Gasteiger partial charge in [-0.25, -0.2) is 4.79 Å². The van der Waals surface area contributed by atoms with E-state index in [9.17, 15) is 31.0 Å². The number of halogens is 5. The number of hydrogen-bond donors (Lipinski definition) is 1. The molecular formula is C11H9F5O3S. The normalized spacial score (nSPS) is 14.2. The van der Waals surface area contributed by atoms with Crippen molar-refractivity contribution in [2.24, 2.45) is 0 Å². The van der Waals surface area contributed by atoms with Crippen molar-refractivity contribution in [2.45, 2.75) is 23.9 Å². The molecule has 0 aromatic heterocycles. The maximum Gasteiger partial charge on any atom is 0.458 e. The Bertz CT molecular complexity index is 580. The average Bonchev–Trinajstić information content (AvgIpc) is 2.25. The summed E-state index contributed by atoms with van der Waals surface area (Å²) in [5.41, 5.74) is -2.34. The number of aromatic carboxylic acids is 1. The van der Waals surface area contributed by atoms with Gasteiger partial charge in [0.05, 0.1) is 21.3 Å². The number of rotatable bonds is 3. The molecule has 9 heteroatoms.